The van der Waals surface area contributed by atoms with Crippen molar-refractivity contribution in [3.63, 3.8) is 0 Å². The smallest absolute Gasteiger partial charge is 0.00111 e. The molecule has 0 saturated heterocycles. The highest BCUT2D eigenvalue weighted by molar-refractivity contribution is 5.68. The van der Waals surface area contributed by atoms with Crippen LogP contribution in [0, 0.1) is 0 Å². The molecule has 4 rings (SSSR count). The molecule has 0 spiro atoms. The average Bonchev–Trinajstić information content (AvgIpc) is 2.14. The monoisotopic (exact) mass is 128 g/mol. The van der Waals surface area contributed by atoms with E-state index in [4.69, 9.17) is 0 Å². The Morgan fingerprint density at radius 1 is 1.30 bits per heavy atom. The molecule has 0 heteroatoms. The zero-order chi connectivity index (χ0) is 6.55. The van der Waals surface area contributed by atoms with Gasteiger partial charge in [0.2, 0.25) is 0 Å². The summed E-state index contributed by atoms with van der Waals surface area (Å²) in [5, 5.41) is 0. The first-order valence-corrected chi connectivity index (χ1v) is 3.75. The van der Waals surface area contributed by atoms with Gasteiger partial charge in [0.15, 0.2) is 0 Å². The third-order valence-electron chi connectivity index (χ3n) is 2.55. The maximum atomic E-state index is 2.35. The Balaban J connectivity index is 2.35. The lowest BCUT2D eigenvalue weighted by Gasteiger charge is -2.22. The Kier molecular flexibility index (Phi) is 0.634. The summed E-state index contributed by atoms with van der Waals surface area (Å²) in [5.41, 5.74) is 6.24. The first kappa shape index (κ1) is 4.73. The summed E-state index contributed by atoms with van der Waals surface area (Å²) < 4.78 is 0. The Labute approximate surface area is 60.2 Å². The Hall–Kier alpha value is -1.04. The van der Waals surface area contributed by atoms with Crippen molar-refractivity contribution < 1.29 is 0 Å². The topological polar surface area (TPSA) is 0 Å². The summed E-state index contributed by atoms with van der Waals surface area (Å²) in [7, 11) is 0. The summed E-state index contributed by atoms with van der Waals surface area (Å²) in [6, 6.07) is 0. The van der Waals surface area contributed by atoms with Crippen molar-refractivity contribution >= 4 is 0 Å². The van der Waals surface area contributed by atoms with Gasteiger partial charge in [0.05, 0.1) is 0 Å². The van der Waals surface area contributed by atoms with Gasteiger partial charge in [-0.1, -0.05) is 24.3 Å². The van der Waals surface area contributed by atoms with Crippen LogP contribution in [0.4, 0.5) is 0 Å². The van der Waals surface area contributed by atoms with Crippen LogP contribution in [0.15, 0.2) is 46.6 Å². The molecule has 0 aromatic carbocycles. The number of hydrogen-bond donors (Lipinski definition) is 0. The number of allylic oxidation sites excluding steroid dienone is 8. The summed E-state index contributed by atoms with van der Waals surface area (Å²) >= 11 is 0. The Bertz CT molecular complexity index is 319. The van der Waals surface area contributed by atoms with E-state index in [0.29, 0.717) is 0 Å². The molecule has 48 valence electrons. The summed E-state index contributed by atoms with van der Waals surface area (Å²) in [4.78, 5) is 0. The molecule has 0 aromatic rings. The van der Waals surface area contributed by atoms with Crippen molar-refractivity contribution in [2.45, 2.75) is 12.8 Å². The summed E-state index contributed by atoms with van der Waals surface area (Å²) in [6.45, 7) is 0. The predicted octanol–water partition coefficient (Wildman–Crippen LogP) is 2.51. The van der Waals surface area contributed by atoms with Gasteiger partial charge >= 0.3 is 0 Å². The van der Waals surface area contributed by atoms with Gasteiger partial charge in [0.1, 0.15) is 0 Å². The van der Waals surface area contributed by atoms with E-state index in [2.05, 4.69) is 24.3 Å². The third-order valence-corrected chi connectivity index (χ3v) is 2.55. The lowest BCUT2D eigenvalue weighted by molar-refractivity contribution is 1.04. The van der Waals surface area contributed by atoms with E-state index in [-0.39, 0.29) is 0 Å². The highest BCUT2D eigenvalue weighted by Crippen LogP contribution is 2.47. The van der Waals surface area contributed by atoms with Gasteiger partial charge in [0.25, 0.3) is 0 Å². The standard InChI is InChI=1S/C10H8/c1-2-7-4-5-9-8(3-1)6-10(7)9/h1-3,5H,4,6H2. The fraction of sp³-hybridized carbons (Fsp3) is 0.200. The molecule has 0 atom stereocenters. The largest absolute Gasteiger partial charge is 0.0723 e. The fourth-order valence-corrected chi connectivity index (χ4v) is 1.94. The molecule has 0 N–H and O–H groups in total. The van der Waals surface area contributed by atoms with Gasteiger partial charge in [-0.15, -0.1) is 0 Å². The molecule has 1 fully saturated rings. The van der Waals surface area contributed by atoms with Crippen LogP contribution in [0.5, 0.6) is 0 Å². The SMILES string of the molecule is C1=CC2=C3CC(=C1)C3=CC2. The van der Waals surface area contributed by atoms with E-state index in [1.165, 1.54) is 12.8 Å². The number of fused-ring (bicyclic) bond motifs is 1. The molecule has 0 amide bonds. The van der Waals surface area contributed by atoms with Crippen LogP contribution in [0.1, 0.15) is 12.8 Å². The predicted molar refractivity (Wildman–Crippen MR) is 41.6 cm³/mol. The zero-order valence-electron chi connectivity index (χ0n) is 5.72. The minimum atomic E-state index is 1.18. The maximum Gasteiger partial charge on any atom is -0.00111 e. The van der Waals surface area contributed by atoms with Crippen molar-refractivity contribution in [1.82, 2.24) is 0 Å². The van der Waals surface area contributed by atoms with Crippen LogP contribution in [-0.2, 0) is 0 Å². The van der Waals surface area contributed by atoms with Crippen LogP contribution in [0.3, 0.4) is 0 Å². The molecule has 4 aliphatic rings. The van der Waals surface area contributed by atoms with E-state index in [1.54, 1.807) is 22.3 Å². The fourth-order valence-electron chi connectivity index (χ4n) is 1.94. The van der Waals surface area contributed by atoms with E-state index >= 15 is 0 Å². The molecule has 0 nitrogen and oxygen atoms in total. The average molecular weight is 128 g/mol. The maximum absolute atomic E-state index is 2.35. The molecule has 0 aromatic heterocycles. The first-order chi connectivity index (χ1) is 4.95. The van der Waals surface area contributed by atoms with Gasteiger partial charge in [-0.3, -0.25) is 0 Å². The molecule has 0 heterocycles. The number of rotatable bonds is 0. The second kappa shape index (κ2) is 1.34. The van der Waals surface area contributed by atoms with Crippen LogP contribution in [-0.4, -0.2) is 0 Å². The first-order valence-electron chi connectivity index (χ1n) is 3.75. The lowest BCUT2D eigenvalue weighted by Crippen LogP contribution is -2.04. The van der Waals surface area contributed by atoms with Gasteiger partial charge in [-0.25, -0.2) is 0 Å². The molecule has 4 aliphatic carbocycles. The molecule has 4 bridgehead atoms. The van der Waals surface area contributed by atoms with E-state index < -0.39 is 0 Å². The minimum absolute atomic E-state index is 1.18. The molecule has 10 heavy (non-hydrogen) atoms. The zero-order valence-corrected chi connectivity index (χ0v) is 5.72. The van der Waals surface area contributed by atoms with Crippen LogP contribution >= 0.6 is 0 Å². The second-order valence-electron chi connectivity index (χ2n) is 3.05. The van der Waals surface area contributed by atoms with E-state index in [1.807, 2.05) is 0 Å². The molecular weight excluding hydrogens is 120 g/mol. The van der Waals surface area contributed by atoms with Crippen LogP contribution in [0.2, 0.25) is 0 Å². The van der Waals surface area contributed by atoms with Crippen LogP contribution < -0.4 is 0 Å². The highest BCUT2D eigenvalue weighted by Gasteiger charge is 2.29. The number of hydrogen-bond acceptors (Lipinski definition) is 0. The summed E-state index contributed by atoms with van der Waals surface area (Å²) in [5.74, 6) is 0. The van der Waals surface area contributed by atoms with E-state index in [9.17, 15) is 0 Å². The lowest BCUT2D eigenvalue weighted by atomic mass is 9.82. The molecule has 0 unspecified atom stereocenters. The van der Waals surface area contributed by atoms with Crippen molar-refractivity contribution in [1.29, 1.82) is 0 Å². The molecule has 0 aliphatic heterocycles. The third kappa shape index (κ3) is 0.367. The molecular formula is C10H8. The van der Waals surface area contributed by atoms with Crippen molar-refractivity contribution in [2.24, 2.45) is 0 Å². The Morgan fingerprint density at radius 3 is 3.30 bits per heavy atom. The van der Waals surface area contributed by atoms with Crippen molar-refractivity contribution in [2.75, 3.05) is 0 Å². The van der Waals surface area contributed by atoms with E-state index in [0.717, 1.165) is 0 Å². The summed E-state index contributed by atoms with van der Waals surface area (Å²) in [6.07, 6.45) is 11.4. The van der Waals surface area contributed by atoms with Gasteiger partial charge in [-0.05, 0) is 35.1 Å². The van der Waals surface area contributed by atoms with Gasteiger partial charge in [-0.2, -0.15) is 0 Å². The van der Waals surface area contributed by atoms with Crippen molar-refractivity contribution in [3.8, 4) is 0 Å². The minimum Gasteiger partial charge on any atom is -0.0723 e. The Morgan fingerprint density at radius 2 is 2.30 bits per heavy atom. The molecule has 1 saturated carbocycles. The van der Waals surface area contributed by atoms with Gasteiger partial charge in [0, 0.05) is 0 Å². The second-order valence-corrected chi connectivity index (χ2v) is 3.05. The van der Waals surface area contributed by atoms with Crippen molar-refractivity contribution in [3.05, 3.63) is 46.6 Å². The highest BCUT2D eigenvalue weighted by atomic mass is 14.3. The quantitative estimate of drug-likeness (QED) is 0.470. The van der Waals surface area contributed by atoms with Crippen LogP contribution in [0.25, 0.3) is 0 Å². The normalized spacial score (nSPS) is 25.6. The molecule has 0 radical (unpaired) electrons. The van der Waals surface area contributed by atoms with Gasteiger partial charge < -0.3 is 0 Å².